The molecule has 2 rings (SSSR count). The Morgan fingerprint density at radius 1 is 1.21 bits per heavy atom. The third kappa shape index (κ3) is 3.78. The van der Waals surface area contributed by atoms with E-state index in [-0.39, 0.29) is 11.9 Å². The van der Waals surface area contributed by atoms with Crippen molar-refractivity contribution in [3.8, 4) is 5.75 Å². The molecule has 0 saturated heterocycles. The average Bonchev–Trinajstić information content (AvgIpc) is 2.40. The molecular formula is C15H15BrFNO. The lowest BCUT2D eigenvalue weighted by atomic mass is 10.1. The summed E-state index contributed by atoms with van der Waals surface area (Å²) in [6, 6.07) is 12.5. The van der Waals surface area contributed by atoms with Crippen molar-refractivity contribution in [2.75, 3.05) is 0 Å². The molecule has 100 valence electrons. The van der Waals surface area contributed by atoms with Crippen LogP contribution < -0.4 is 10.5 Å². The molecule has 0 bridgehead atoms. The van der Waals surface area contributed by atoms with Crippen molar-refractivity contribution in [3.63, 3.8) is 0 Å². The smallest absolute Gasteiger partial charge is 0.137 e. The first-order chi connectivity index (χ1) is 9.06. The Hall–Kier alpha value is -1.39. The van der Waals surface area contributed by atoms with Crippen molar-refractivity contribution in [2.45, 2.75) is 19.6 Å². The number of rotatable bonds is 4. The fraction of sp³-hybridized carbons (Fsp3) is 0.200. The summed E-state index contributed by atoms with van der Waals surface area (Å²) in [6.07, 6.45) is 0. The van der Waals surface area contributed by atoms with Crippen molar-refractivity contribution in [1.82, 2.24) is 0 Å². The summed E-state index contributed by atoms with van der Waals surface area (Å²) in [4.78, 5) is 0. The Labute approximate surface area is 120 Å². The molecule has 2 N–H and O–H groups in total. The second-order valence-electron chi connectivity index (χ2n) is 4.39. The van der Waals surface area contributed by atoms with E-state index in [1.165, 1.54) is 6.07 Å². The van der Waals surface area contributed by atoms with Gasteiger partial charge in [0.2, 0.25) is 0 Å². The summed E-state index contributed by atoms with van der Waals surface area (Å²) < 4.78 is 19.2. The predicted octanol–water partition coefficient (Wildman–Crippen LogP) is 4.19. The normalized spacial score (nSPS) is 12.2. The molecule has 0 aliphatic heterocycles. The molecule has 0 unspecified atom stereocenters. The van der Waals surface area contributed by atoms with Gasteiger partial charge >= 0.3 is 0 Å². The van der Waals surface area contributed by atoms with Crippen LogP contribution in [0.1, 0.15) is 24.1 Å². The Bertz CT molecular complexity index is 555. The molecule has 2 aromatic carbocycles. The first kappa shape index (κ1) is 14.0. The molecule has 0 spiro atoms. The van der Waals surface area contributed by atoms with E-state index in [0.29, 0.717) is 11.1 Å². The highest BCUT2D eigenvalue weighted by atomic mass is 79.9. The molecule has 0 aliphatic carbocycles. The van der Waals surface area contributed by atoms with Gasteiger partial charge in [-0.1, -0.05) is 18.2 Å². The SMILES string of the molecule is C[C@H](N)c1ccc(OCc2ccc(F)c(Br)c2)cc1. The van der Waals surface area contributed by atoms with Crippen molar-refractivity contribution < 1.29 is 9.13 Å². The summed E-state index contributed by atoms with van der Waals surface area (Å²) >= 11 is 3.15. The molecule has 0 amide bonds. The van der Waals surface area contributed by atoms with E-state index in [4.69, 9.17) is 10.5 Å². The zero-order valence-corrected chi connectivity index (χ0v) is 12.2. The molecule has 0 radical (unpaired) electrons. The highest BCUT2D eigenvalue weighted by Crippen LogP contribution is 2.20. The van der Waals surface area contributed by atoms with Crippen molar-refractivity contribution in [1.29, 1.82) is 0 Å². The molecule has 0 heterocycles. The highest BCUT2D eigenvalue weighted by molar-refractivity contribution is 9.10. The van der Waals surface area contributed by atoms with Crippen LogP contribution in [-0.4, -0.2) is 0 Å². The van der Waals surface area contributed by atoms with Gasteiger partial charge in [0.05, 0.1) is 4.47 Å². The van der Waals surface area contributed by atoms with Crippen LogP contribution in [0.4, 0.5) is 4.39 Å². The summed E-state index contributed by atoms with van der Waals surface area (Å²) in [7, 11) is 0. The monoisotopic (exact) mass is 323 g/mol. The van der Waals surface area contributed by atoms with Crippen LogP contribution in [0.25, 0.3) is 0 Å². The lowest BCUT2D eigenvalue weighted by Crippen LogP contribution is -2.04. The average molecular weight is 324 g/mol. The van der Waals surface area contributed by atoms with Gasteiger partial charge in [-0.25, -0.2) is 4.39 Å². The Morgan fingerprint density at radius 3 is 2.47 bits per heavy atom. The van der Waals surface area contributed by atoms with Gasteiger partial charge in [0, 0.05) is 6.04 Å². The van der Waals surface area contributed by atoms with E-state index in [9.17, 15) is 4.39 Å². The minimum atomic E-state index is -0.273. The van der Waals surface area contributed by atoms with Crippen LogP contribution in [0, 0.1) is 5.82 Å². The van der Waals surface area contributed by atoms with Gasteiger partial charge in [-0.15, -0.1) is 0 Å². The summed E-state index contributed by atoms with van der Waals surface area (Å²) in [5.74, 6) is 0.495. The Morgan fingerprint density at radius 2 is 1.89 bits per heavy atom. The van der Waals surface area contributed by atoms with Gasteiger partial charge in [-0.2, -0.15) is 0 Å². The van der Waals surface area contributed by atoms with Crippen LogP contribution in [0.5, 0.6) is 5.75 Å². The molecule has 1 atom stereocenters. The number of benzene rings is 2. The Balaban J connectivity index is 2.00. The maximum Gasteiger partial charge on any atom is 0.137 e. The molecule has 0 aliphatic rings. The third-order valence-corrected chi connectivity index (χ3v) is 3.40. The van der Waals surface area contributed by atoms with E-state index in [0.717, 1.165) is 16.9 Å². The molecule has 2 aromatic rings. The first-order valence-electron chi connectivity index (χ1n) is 5.98. The number of hydrogen-bond donors (Lipinski definition) is 1. The lowest BCUT2D eigenvalue weighted by molar-refractivity contribution is 0.306. The first-order valence-corrected chi connectivity index (χ1v) is 6.78. The fourth-order valence-electron chi connectivity index (χ4n) is 1.66. The minimum Gasteiger partial charge on any atom is -0.489 e. The van der Waals surface area contributed by atoms with E-state index in [1.54, 1.807) is 12.1 Å². The molecule has 4 heteroatoms. The van der Waals surface area contributed by atoms with Crippen LogP contribution in [0.15, 0.2) is 46.9 Å². The molecule has 0 saturated carbocycles. The number of ether oxygens (including phenoxy) is 1. The third-order valence-electron chi connectivity index (χ3n) is 2.80. The van der Waals surface area contributed by atoms with Crippen molar-refractivity contribution in [3.05, 3.63) is 63.9 Å². The topological polar surface area (TPSA) is 35.2 Å². The largest absolute Gasteiger partial charge is 0.489 e. The van der Waals surface area contributed by atoms with E-state index in [1.807, 2.05) is 31.2 Å². The summed E-state index contributed by atoms with van der Waals surface area (Å²) in [6.45, 7) is 2.34. The summed E-state index contributed by atoms with van der Waals surface area (Å²) in [5, 5.41) is 0. The number of halogens is 2. The maximum absolute atomic E-state index is 13.1. The molecular weight excluding hydrogens is 309 g/mol. The van der Waals surface area contributed by atoms with Gasteiger partial charge in [0.15, 0.2) is 0 Å². The molecule has 19 heavy (non-hydrogen) atoms. The van der Waals surface area contributed by atoms with Gasteiger partial charge in [-0.05, 0) is 58.2 Å². The fourth-order valence-corrected chi connectivity index (χ4v) is 2.09. The number of hydrogen-bond acceptors (Lipinski definition) is 2. The summed E-state index contributed by atoms with van der Waals surface area (Å²) in [5.41, 5.74) is 7.75. The number of nitrogens with two attached hydrogens (primary N) is 1. The van der Waals surface area contributed by atoms with Crippen LogP contribution >= 0.6 is 15.9 Å². The van der Waals surface area contributed by atoms with Crippen LogP contribution in [0.2, 0.25) is 0 Å². The zero-order chi connectivity index (χ0) is 13.8. The van der Waals surface area contributed by atoms with E-state index in [2.05, 4.69) is 15.9 Å². The van der Waals surface area contributed by atoms with Gasteiger partial charge in [-0.3, -0.25) is 0 Å². The minimum absolute atomic E-state index is 0.0158. The van der Waals surface area contributed by atoms with Gasteiger partial charge in [0.25, 0.3) is 0 Å². The highest BCUT2D eigenvalue weighted by Gasteiger charge is 2.02. The van der Waals surface area contributed by atoms with Crippen LogP contribution in [0.3, 0.4) is 0 Å². The zero-order valence-electron chi connectivity index (χ0n) is 10.6. The van der Waals surface area contributed by atoms with Crippen molar-refractivity contribution >= 4 is 15.9 Å². The van der Waals surface area contributed by atoms with Gasteiger partial charge in [0.1, 0.15) is 18.2 Å². The van der Waals surface area contributed by atoms with E-state index >= 15 is 0 Å². The van der Waals surface area contributed by atoms with Crippen LogP contribution in [-0.2, 0) is 6.61 Å². The van der Waals surface area contributed by atoms with E-state index < -0.39 is 0 Å². The molecule has 0 aromatic heterocycles. The second-order valence-corrected chi connectivity index (χ2v) is 5.25. The maximum atomic E-state index is 13.1. The van der Waals surface area contributed by atoms with Gasteiger partial charge < -0.3 is 10.5 Å². The molecule has 0 fully saturated rings. The molecule has 2 nitrogen and oxygen atoms in total. The van der Waals surface area contributed by atoms with Crippen molar-refractivity contribution in [2.24, 2.45) is 5.73 Å². The second kappa shape index (κ2) is 6.17. The quantitative estimate of drug-likeness (QED) is 0.915. The lowest BCUT2D eigenvalue weighted by Gasteiger charge is -2.09. The predicted molar refractivity (Wildman–Crippen MR) is 77.5 cm³/mol. The Kier molecular flexibility index (Phi) is 4.56. The standard InChI is InChI=1S/C15H15BrFNO/c1-10(18)12-3-5-13(6-4-12)19-9-11-2-7-15(17)14(16)8-11/h2-8,10H,9,18H2,1H3/t10-/m0/s1.